The monoisotopic (exact) mass is 474 g/mol. The Bertz CT molecular complexity index is 1320. The van der Waals surface area contributed by atoms with Gasteiger partial charge in [0.05, 0.1) is 29.9 Å². The maximum Gasteiger partial charge on any atom is 0.259 e. The summed E-state index contributed by atoms with van der Waals surface area (Å²) in [5.41, 5.74) is 3.67. The number of carbonyl (C=O) groups is 2. The number of nitrogens with zero attached hydrogens (tertiary/aromatic N) is 2. The first-order valence-electron chi connectivity index (χ1n) is 10.6. The maximum atomic E-state index is 13.3. The molecule has 2 amide bonds. The summed E-state index contributed by atoms with van der Waals surface area (Å²) in [5, 5.41) is 10.6. The maximum absolute atomic E-state index is 13.3. The molecule has 0 bridgehead atoms. The van der Waals surface area contributed by atoms with Crippen molar-refractivity contribution in [2.75, 3.05) is 17.7 Å². The predicted molar refractivity (Wildman–Crippen MR) is 133 cm³/mol. The van der Waals surface area contributed by atoms with Gasteiger partial charge in [-0.15, -0.1) is 0 Å². The highest BCUT2D eigenvalue weighted by atomic mass is 35.5. The number of benzene rings is 3. The standard InChI is InChI=1S/C26H23ClN4O3/c1-17(32)28-20-10-13-23(27)24(14-20)29-26(33)22-16-31(15-18-6-4-3-5-7-18)30-25(22)19-8-11-21(34-2)12-9-19/h3-14,16H,15H2,1-2H3,(H,28,32)(H,29,33). The summed E-state index contributed by atoms with van der Waals surface area (Å²) in [6.45, 7) is 1.92. The third kappa shape index (κ3) is 5.44. The Balaban J connectivity index is 1.68. The molecule has 2 N–H and O–H groups in total. The minimum Gasteiger partial charge on any atom is -0.497 e. The Morgan fingerprint density at radius 3 is 2.41 bits per heavy atom. The highest BCUT2D eigenvalue weighted by Crippen LogP contribution is 2.29. The minimum atomic E-state index is -0.369. The van der Waals surface area contributed by atoms with E-state index in [0.29, 0.717) is 39.9 Å². The Morgan fingerprint density at radius 2 is 1.74 bits per heavy atom. The molecule has 1 aromatic heterocycles. The number of nitrogens with one attached hydrogen (secondary N) is 2. The lowest BCUT2D eigenvalue weighted by molar-refractivity contribution is -0.114. The van der Waals surface area contributed by atoms with Crippen LogP contribution in [-0.4, -0.2) is 28.7 Å². The molecule has 0 unspecified atom stereocenters. The third-order valence-corrected chi connectivity index (χ3v) is 5.42. The van der Waals surface area contributed by atoms with Gasteiger partial charge in [0.25, 0.3) is 5.91 Å². The van der Waals surface area contributed by atoms with Crippen LogP contribution in [0.15, 0.2) is 79.0 Å². The van der Waals surface area contributed by atoms with Crippen LogP contribution in [0.1, 0.15) is 22.8 Å². The number of amides is 2. The molecule has 0 saturated heterocycles. The van der Waals surface area contributed by atoms with Gasteiger partial charge in [0.2, 0.25) is 5.91 Å². The van der Waals surface area contributed by atoms with Crippen LogP contribution in [0.4, 0.5) is 11.4 Å². The van der Waals surface area contributed by atoms with Gasteiger partial charge in [-0.05, 0) is 48.0 Å². The fourth-order valence-corrected chi connectivity index (χ4v) is 3.66. The second-order valence-corrected chi connectivity index (χ2v) is 8.04. The topological polar surface area (TPSA) is 85.2 Å². The molecular formula is C26H23ClN4O3. The molecule has 0 saturated carbocycles. The van der Waals surface area contributed by atoms with Crippen LogP contribution in [0.5, 0.6) is 5.75 Å². The summed E-state index contributed by atoms with van der Waals surface area (Å²) in [6, 6.07) is 22.1. The molecule has 0 aliphatic heterocycles. The average molecular weight is 475 g/mol. The van der Waals surface area contributed by atoms with Crippen LogP contribution in [-0.2, 0) is 11.3 Å². The number of methoxy groups -OCH3 is 1. The molecule has 0 fully saturated rings. The third-order valence-electron chi connectivity index (χ3n) is 5.09. The zero-order chi connectivity index (χ0) is 24.1. The van der Waals surface area contributed by atoms with Gasteiger partial charge in [0.1, 0.15) is 11.4 Å². The summed E-state index contributed by atoms with van der Waals surface area (Å²) in [5.74, 6) is 0.121. The highest BCUT2D eigenvalue weighted by Gasteiger charge is 2.20. The smallest absolute Gasteiger partial charge is 0.259 e. The van der Waals surface area contributed by atoms with E-state index in [2.05, 4.69) is 10.6 Å². The van der Waals surface area contributed by atoms with Crippen molar-refractivity contribution in [1.82, 2.24) is 9.78 Å². The normalized spacial score (nSPS) is 10.6. The summed E-state index contributed by atoms with van der Waals surface area (Å²) < 4.78 is 6.98. The number of hydrogen-bond donors (Lipinski definition) is 2. The van der Waals surface area contributed by atoms with Crippen LogP contribution in [0.2, 0.25) is 5.02 Å². The minimum absolute atomic E-state index is 0.219. The number of halogens is 1. The predicted octanol–water partition coefficient (Wildman–Crippen LogP) is 5.47. The summed E-state index contributed by atoms with van der Waals surface area (Å²) >= 11 is 6.30. The first kappa shape index (κ1) is 23.1. The lowest BCUT2D eigenvalue weighted by Crippen LogP contribution is -2.13. The molecule has 34 heavy (non-hydrogen) atoms. The van der Waals surface area contributed by atoms with E-state index in [4.69, 9.17) is 21.4 Å². The number of aromatic nitrogens is 2. The SMILES string of the molecule is COc1ccc(-c2nn(Cc3ccccc3)cc2C(=O)Nc2cc(NC(C)=O)ccc2Cl)cc1. The van der Waals surface area contributed by atoms with Crippen LogP contribution in [0, 0.1) is 0 Å². The van der Waals surface area contributed by atoms with E-state index in [0.717, 1.165) is 11.1 Å². The van der Waals surface area contributed by atoms with Crippen molar-refractivity contribution < 1.29 is 14.3 Å². The van der Waals surface area contributed by atoms with E-state index < -0.39 is 0 Å². The lowest BCUT2D eigenvalue weighted by Gasteiger charge is -2.10. The Hall–Kier alpha value is -4.10. The Kier molecular flexibility index (Phi) is 6.94. The lowest BCUT2D eigenvalue weighted by atomic mass is 10.1. The molecular weight excluding hydrogens is 452 g/mol. The van der Waals surface area contributed by atoms with E-state index in [1.807, 2.05) is 54.6 Å². The van der Waals surface area contributed by atoms with E-state index in [9.17, 15) is 9.59 Å². The van der Waals surface area contributed by atoms with Crippen molar-refractivity contribution in [1.29, 1.82) is 0 Å². The van der Waals surface area contributed by atoms with E-state index in [-0.39, 0.29) is 11.8 Å². The molecule has 0 radical (unpaired) electrons. The zero-order valence-corrected chi connectivity index (χ0v) is 19.5. The number of anilines is 2. The Morgan fingerprint density at radius 1 is 1.00 bits per heavy atom. The number of hydrogen-bond acceptors (Lipinski definition) is 4. The second-order valence-electron chi connectivity index (χ2n) is 7.63. The Labute approximate surface area is 202 Å². The number of rotatable bonds is 7. The summed E-state index contributed by atoms with van der Waals surface area (Å²) in [6.07, 6.45) is 1.72. The van der Waals surface area contributed by atoms with Crippen molar-refractivity contribution in [2.45, 2.75) is 13.5 Å². The molecule has 172 valence electrons. The van der Waals surface area contributed by atoms with Crippen molar-refractivity contribution in [3.8, 4) is 17.0 Å². The second kappa shape index (κ2) is 10.2. The molecule has 0 spiro atoms. The fraction of sp³-hybridized carbons (Fsp3) is 0.115. The van der Waals surface area contributed by atoms with Gasteiger partial charge < -0.3 is 15.4 Å². The van der Waals surface area contributed by atoms with Gasteiger partial charge >= 0.3 is 0 Å². The molecule has 4 rings (SSSR count). The highest BCUT2D eigenvalue weighted by molar-refractivity contribution is 6.34. The van der Waals surface area contributed by atoms with Crippen molar-refractivity contribution in [3.05, 3.63) is 95.1 Å². The van der Waals surface area contributed by atoms with Gasteiger partial charge in [-0.3, -0.25) is 14.3 Å². The molecule has 7 nitrogen and oxygen atoms in total. The van der Waals surface area contributed by atoms with Gasteiger partial charge in [0, 0.05) is 24.4 Å². The molecule has 4 aromatic rings. The number of carbonyl (C=O) groups excluding carboxylic acids is 2. The van der Waals surface area contributed by atoms with Gasteiger partial charge in [-0.1, -0.05) is 41.9 Å². The van der Waals surface area contributed by atoms with Gasteiger partial charge in [-0.25, -0.2) is 0 Å². The quantitative estimate of drug-likeness (QED) is 0.372. The van der Waals surface area contributed by atoms with Crippen molar-refractivity contribution in [2.24, 2.45) is 0 Å². The first-order valence-corrected chi connectivity index (χ1v) is 10.9. The van der Waals surface area contributed by atoms with Crippen LogP contribution >= 0.6 is 11.6 Å². The van der Waals surface area contributed by atoms with Crippen molar-refractivity contribution >= 4 is 34.8 Å². The van der Waals surface area contributed by atoms with Crippen LogP contribution < -0.4 is 15.4 Å². The molecule has 8 heteroatoms. The summed E-state index contributed by atoms with van der Waals surface area (Å²) in [4.78, 5) is 24.7. The van der Waals surface area contributed by atoms with Crippen molar-refractivity contribution in [3.63, 3.8) is 0 Å². The molecule has 1 heterocycles. The van der Waals surface area contributed by atoms with E-state index in [1.54, 1.807) is 36.2 Å². The molecule has 0 aliphatic carbocycles. The summed E-state index contributed by atoms with van der Waals surface area (Å²) in [7, 11) is 1.60. The van der Waals surface area contributed by atoms with Crippen LogP contribution in [0.3, 0.4) is 0 Å². The van der Waals surface area contributed by atoms with Gasteiger partial charge in [0.15, 0.2) is 0 Å². The average Bonchev–Trinajstić information content (AvgIpc) is 3.25. The molecule has 0 aliphatic rings. The molecule has 3 aromatic carbocycles. The van der Waals surface area contributed by atoms with E-state index in [1.165, 1.54) is 6.92 Å². The molecule has 0 atom stereocenters. The van der Waals surface area contributed by atoms with Crippen LogP contribution in [0.25, 0.3) is 11.3 Å². The first-order chi connectivity index (χ1) is 16.4. The number of ether oxygens (including phenoxy) is 1. The largest absolute Gasteiger partial charge is 0.497 e. The van der Waals surface area contributed by atoms with E-state index >= 15 is 0 Å². The van der Waals surface area contributed by atoms with Gasteiger partial charge in [-0.2, -0.15) is 5.10 Å². The fourth-order valence-electron chi connectivity index (χ4n) is 3.49. The zero-order valence-electron chi connectivity index (χ0n) is 18.7.